The summed E-state index contributed by atoms with van der Waals surface area (Å²) in [5.41, 5.74) is 15.4. The molecule has 0 fully saturated rings. The molecule has 0 unspecified atom stereocenters. The van der Waals surface area contributed by atoms with Crippen LogP contribution < -0.4 is 4.90 Å². The van der Waals surface area contributed by atoms with Crippen LogP contribution in [0.15, 0.2) is 223 Å². The smallest absolute Gasteiger partial charge is 0.143 e. The van der Waals surface area contributed by atoms with Crippen molar-refractivity contribution in [1.29, 1.82) is 0 Å². The molecule has 3 nitrogen and oxygen atoms in total. The van der Waals surface area contributed by atoms with Crippen molar-refractivity contribution in [3.8, 4) is 39.1 Å². The number of aromatic nitrogens is 1. The molecule has 9 aromatic carbocycles. The average molecular weight is 729 g/mol. The Labute approximate surface area is 330 Å². The van der Waals surface area contributed by atoms with Crippen molar-refractivity contribution in [2.45, 2.75) is 0 Å². The van der Waals surface area contributed by atoms with Crippen LogP contribution in [0.4, 0.5) is 17.1 Å². The van der Waals surface area contributed by atoms with E-state index in [9.17, 15) is 0 Å². The normalized spacial score (nSPS) is 11.5. The molecular formula is C54H36N2O. The predicted molar refractivity (Wildman–Crippen MR) is 239 cm³/mol. The van der Waals surface area contributed by atoms with E-state index in [0.717, 1.165) is 78.0 Å². The first-order chi connectivity index (χ1) is 28.3. The zero-order chi connectivity index (χ0) is 37.7. The number of hydrogen-bond acceptors (Lipinski definition) is 2. The van der Waals surface area contributed by atoms with Gasteiger partial charge in [-0.25, -0.2) is 0 Å². The van der Waals surface area contributed by atoms with Crippen LogP contribution >= 0.6 is 0 Å². The molecule has 0 aliphatic carbocycles. The first-order valence-electron chi connectivity index (χ1n) is 19.4. The maximum atomic E-state index is 6.54. The summed E-state index contributed by atoms with van der Waals surface area (Å²) in [4.78, 5) is 2.43. The van der Waals surface area contributed by atoms with Crippen LogP contribution in [0.25, 0.3) is 82.8 Å². The third-order valence-corrected chi connectivity index (χ3v) is 11.2. The highest BCUT2D eigenvalue weighted by molar-refractivity contribution is 6.17. The summed E-state index contributed by atoms with van der Waals surface area (Å²) in [6.45, 7) is 0. The third-order valence-electron chi connectivity index (χ3n) is 11.2. The van der Waals surface area contributed by atoms with Crippen molar-refractivity contribution >= 4 is 60.8 Å². The zero-order valence-corrected chi connectivity index (χ0v) is 31.1. The summed E-state index contributed by atoms with van der Waals surface area (Å²) < 4.78 is 8.99. The molecule has 0 N–H and O–H groups in total. The Bertz CT molecular complexity index is 3230. The summed E-state index contributed by atoms with van der Waals surface area (Å²) >= 11 is 0. The van der Waals surface area contributed by atoms with Gasteiger partial charge in [-0.05, 0) is 71.3 Å². The van der Waals surface area contributed by atoms with E-state index < -0.39 is 0 Å². The molecule has 11 aromatic rings. The lowest BCUT2D eigenvalue weighted by molar-refractivity contribution is 0.670. The van der Waals surface area contributed by atoms with Gasteiger partial charge in [0.05, 0.1) is 28.1 Å². The summed E-state index contributed by atoms with van der Waals surface area (Å²) in [6.07, 6.45) is 0. The fourth-order valence-electron chi connectivity index (χ4n) is 8.68. The van der Waals surface area contributed by atoms with Crippen molar-refractivity contribution < 1.29 is 4.42 Å². The monoisotopic (exact) mass is 728 g/mol. The van der Waals surface area contributed by atoms with E-state index in [-0.39, 0.29) is 0 Å². The van der Waals surface area contributed by atoms with Crippen LogP contribution in [0.2, 0.25) is 0 Å². The van der Waals surface area contributed by atoms with Crippen LogP contribution in [0, 0.1) is 0 Å². The number of hydrogen-bond donors (Lipinski definition) is 0. The van der Waals surface area contributed by atoms with Gasteiger partial charge in [-0.3, -0.25) is 0 Å². The molecule has 2 heterocycles. The lowest BCUT2D eigenvalue weighted by Crippen LogP contribution is -2.11. The maximum Gasteiger partial charge on any atom is 0.143 e. The van der Waals surface area contributed by atoms with E-state index >= 15 is 0 Å². The first kappa shape index (κ1) is 32.8. The van der Waals surface area contributed by atoms with Crippen molar-refractivity contribution in [3.05, 3.63) is 218 Å². The minimum atomic E-state index is 0.900. The number of anilines is 3. The van der Waals surface area contributed by atoms with Gasteiger partial charge < -0.3 is 13.9 Å². The topological polar surface area (TPSA) is 21.3 Å². The van der Waals surface area contributed by atoms with Gasteiger partial charge in [-0.2, -0.15) is 0 Å². The summed E-state index contributed by atoms with van der Waals surface area (Å²) in [7, 11) is 0. The van der Waals surface area contributed by atoms with Gasteiger partial charge in [-0.1, -0.05) is 164 Å². The lowest BCUT2D eigenvalue weighted by Gasteiger charge is -2.28. The molecule has 0 aliphatic rings. The standard InChI is InChI=1S/C54H36N2O/c1-4-18-37(19-5-1)41-24-10-13-29-47(41)55(40-22-8-3-9-23-40)50-31-17-32-51-53(50)45-26-11-14-30-48(45)56(51)49-35-34-39(36-46(49)38-20-6-2-7-21-38)42-27-16-28-44-43-25-12-15-33-52(43)57-54(42)44/h1-36H. The van der Waals surface area contributed by atoms with E-state index in [1.807, 2.05) is 12.1 Å². The number of nitrogens with zero attached hydrogens (tertiary/aromatic N) is 2. The second-order valence-electron chi connectivity index (χ2n) is 14.5. The molecule has 0 saturated heterocycles. The molecule has 0 saturated carbocycles. The van der Waals surface area contributed by atoms with Crippen LogP contribution in [0.3, 0.4) is 0 Å². The summed E-state index contributed by atoms with van der Waals surface area (Å²) in [5, 5.41) is 4.64. The van der Waals surface area contributed by atoms with Crippen molar-refractivity contribution in [1.82, 2.24) is 4.57 Å². The van der Waals surface area contributed by atoms with Gasteiger partial charge in [0, 0.05) is 43.9 Å². The van der Waals surface area contributed by atoms with E-state index in [1.165, 1.54) is 21.9 Å². The highest BCUT2D eigenvalue weighted by Crippen LogP contribution is 2.47. The molecule has 0 spiro atoms. The number of para-hydroxylation sites is 5. The molecule has 2 aromatic heterocycles. The van der Waals surface area contributed by atoms with E-state index in [2.05, 4.69) is 216 Å². The predicted octanol–water partition coefficient (Wildman–Crippen LogP) is 15.2. The molecule has 0 amide bonds. The Kier molecular flexibility index (Phi) is 7.82. The summed E-state index contributed by atoms with van der Waals surface area (Å²) in [6, 6.07) is 78.1. The van der Waals surface area contributed by atoms with Crippen LogP contribution in [-0.4, -0.2) is 4.57 Å². The molecule has 0 atom stereocenters. The molecule has 11 rings (SSSR count). The fraction of sp³-hybridized carbons (Fsp3) is 0. The van der Waals surface area contributed by atoms with E-state index in [0.29, 0.717) is 0 Å². The van der Waals surface area contributed by atoms with Gasteiger partial charge in [-0.15, -0.1) is 0 Å². The molecule has 268 valence electrons. The van der Waals surface area contributed by atoms with Crippen molar-refractivity contribution in [2.75, 3.05) is 4.90 Å². The third kappa shape index (κ3) is 5.43. The number of benzene rings is 9. The van der Waals surface area contributed by atoms with Gasteiger partial charge in [0.25, 0.3) is 0 Å². The van der Waals surface area contributed by atoms with Gasteiger partial charge in [0.2, 0.25) is 0 Å². The van der Waals surface area contributed by atoms with Crippen LogP contribution in [0.5, 0.6) is 0 Å². The van der Waals surface area contributed by atoms with Crippen LogP contribution in [-0.2, 0) is 0 Å². The van der Waals surface area contributed by atoms with Crippen LogP contribution in [0.1, 0.15) is 0 Å². The minimum Gasteiger partial charge on any atom is -0.455 e. The first-order valence-corrected chi connectivity index (χ1v) is 19.4. The molecular weight excluding hydrogens is 693 g/mol. The quantitative estimate of drug-likeness (QED) is 0.163. The SMILES string of the molecule is c1ccc(-c2ccccc2N(c2ccccc2)c2cccc3c2c2ccccc2n3-c2ccc(-c3cccc4c3oc3ccccc34)cc2-c2ccccc2)cc1. The second-order valence-corrected chi connectivity index (χ2v) is 14.5. The number of furan rings is 1. The van der Waals surface area contributed by atoms with Gasteiger partial charge in [0.1, 0.15) is 11.2 Å². The zero-order valence-electron chi connectivity index (χ0n) is 31.1. The molecule has 57 heavy (non-hydrogen) atoms. The van der Waals surface area contributed by atoms with Crippen molar-refractivity contribution in [2.24, 2.45) is 0 Å². The molecule has 3 heteroatoms. The molecule has 0 bridgehead atoms. The minimum absolute atomic E-state index is 0.900. The Hall–Kier alpha value is -7.62. The maximum absolute atomic E-state index is 6.54. The molecule has 0 radical (unpaired) electrons. The number of fused-ring (bicyclic) bond motifs is 6. The summed E-state index contributed by atoms with van der Waals surface area (Å²) in [5.74, 6) is 0. The Morgan fingerprint density at radius 1 is 0.368 bits per heavy atom. The molecule has 0 aliphatic heterocycles. The Morgan fingerprint density at radius 3 is 1.75 bits per heavy atom. The fourth-order valence-corrected chi connectivity index (χ4v) is 8.68. The highest BCUT2D eigenvalue weighted by Gasteiger charge is 2.24. The van der Waals surface area contributed by atoms with Crippen molar-refractivity contribution in [3.63, 3.8) is 0 Å². The largest absolute Gasteiger partial charge is 0.455 e. The Balaban J connectivity index is 1.18. The lowest BCUT2D eigenvalue weighted by atomic mass is 9.96. The highest BCUT2D eigenvalue weighted by atomic mass is 16.3. The van der Waals surface area contributed by atoms with E-state index in [1.54, 1.807) is 0 Å². The van der Waals surface area contributed by atoms with Gasteiger partial charge in [0.15, 0.2) is 0 Å². The van der Waals surface area contributed by atoms with E-state index in [4.69, 9.17) is 4.42 Å². The number of rotatable bonds is 7. The Morgan fingerprint density at radius 2 is 0.947 bits per heavy atom. The average Bonchev–Trinajstić information content (AvgIpc) is 3.84. The van der Waals surface area contributed by atoms with Gasteiger partial charge >= 0.3 is 0 Å². The second kappa shape index (κ2) is 13.6.